The molecule has 0 aliphatic carbocycles. The molecule has 3 nitrogen and oxygen atoms in total. The molecule has 0 bridgehead atoms. The molecule has 0 saturated carbocycles. The minimum Gasteiger partial charge on any atom is -0.368 e. The summed E-state index contributed by atoms with van der Waals surface area (Å²) in [5.41, 5.74) is 2.30. The van der Waals surface area contributed by atoms with Crippen LogP contribution >= 0.6 is 15.9 Å². The number of hydrogen-bond donors (Lipinski definition) is 1. The number of benzene rings is 1. The first kappa shape index (κ1) is 13.9. The van der Waals surface area contributed by atoms with Crippen LogP contribution in [0.15, 0.2) is 22.7 Å². The van der Waals surface area contributed by atoms with E-state index in [1.807, 2.05) is 32.0 Å². The zero-order valence-corrected chi connectivity index (χ0v) is 12.7. The Morgan fingerprint density at radius 2 is 2.00 bits per heavy atom. The van der Waals surface area contributed by atoms with Gasteiger partial charge in [-0.25, -0.2) is 14.4 Å². The molecule has 1 N–H and O–H groups in total. The topological polar surface area (TPSA) is 37.8 Å². The van der Waals surface area contributed by atoms with E-state index in [-0.39, 0.29) is 11.6 Å². The van der Waals surface area contributed by atoms with Gasteiger partial charge in [0.1, 0.15) is 0 Å². The van der Waals surface area contributed by atoms with Gasteiger partial charge >= 0.3 is 0 Å². The quantitative estimate of drug-likeness (QED) is 0.924. The summed E-state index contributed by atoms with van der Waals surface area (Å²) in [6.07, 6.45) is 0. The van der Waals surface area contributed by atoms with Crippen molar-refractivity contribution in [1.82, 2.24) is 9.97 Å². The van der Waals surface area contributed by atoms with Crippen LogP contribution in [0.25, 0.3) is 11.4 Å². The van der Waals surface area contributed by atoms with Crippen LogP contribution in [0.2, 0.25) is 0 Å². The van der Waals surface area contributed by atoms with E-state index in [2.05, 4.69) is 31.2 Å². The van der Waals surface area contributed by atoms with Gasteiger partial charge in [-0.1, -0.05) is 15.9 Å². The van der Waals surface area contributed by atoms with Gasteiger partial charge in [0.05, 0.1) is 5.69 Å². The summed E-state index contributed by atoms with van der Waals surface area (Å²) in [5.74, 6) is 0.410. The molecule has 0 unspecified atom stereocenters. The van der Waals surface area contributed by atoms with Gasteiger partial charge in [0.15, 0.2) is 17.5 Å². The Morgan fingerprint density at radius 3 is 2.63 bits per heavy atom. The molecule has 0 amide bonds. The van der Waals surface area contributed by atoms with Crippen molar-refractivity contribution in [2.45, 2.75) is 20.8 Å². The molecule has 1 heterocycles. The predicted octanol–water partition coefficient (Wildman–Crippen LogP) is 4.09. The van der Waals surface area contributed by atoms with Crippen LogP contribution < -0.4 is 5.32 Å². The maximum atomic E-state index is 13.9. The summed E-state index contributed by atoms with van der Waals surface area (Å²) in [6.45, 7) is 6.15. The molecule has 0 atom stereocenters. The first-order valence-corrected chi connectivity index (χ1v) is 6.86. The first-order chi connectivity index (χ1) is 9.02. The summed E-state index contributed by atoms with van der Waals surface area (Å²) in [5, 5.41) is 2.92. The Labute approximate surface area is 120 Å². The van der Waals surface area contributed by atoms with Crippen LogP contribution in [-0.2, 0) is 0 Å². The maximum Gasteiger partial charge on any atom is 0.186 e. The van der Waals surface area contributed by atoms with E-state index < -0.39 is 0 Å². The summed E-state index contributed by atoms with van der Waals surface area (Å²) < 4.78 is 14.9. The van der Waals surface area contributed by atoms with Crippen molar-refractivity contribution >= 4 is 21.7 Å². The second-order valence-corrected chi connectivity index (χ2v) is 5.20. The fraction of sp³-hybridized carbons (Fsp3) is 0.286. The van der Waals surface area contributed by atoms with E-state index in [1.54, 1.807) is 6.92 Å². The minimum atomic E-state index is -0.389. The standard InChI is InChI=1S/C14H15BrFN3/c1-4-17-14-12(16)9(3)18-13(19-14)11-6-5-10(15)7-8(11)2/h5-7H,4H2,1-3H3,(H,17,18,19). The Hall–Kier alpha value is -1.49. The zero-order valence-electron chi connectivity index (χ0n) is 11.1. The lowest BCUT2D eigenvalue weighted by molar-refractivity contribution is 0.606. The van der Waals surface area contributed by atoms with Gasteiger partial charge in [-0.2, -0.15) is 0 Å². The fourth-order valence-corrected chi connectivity index (χ4v) is 2.32. The van der Waals surface area contributed by atoms with E-state index in [9.17, 15) is 4.39 Å². The molecule has 0 aliphatic heterocycles. The number of aryl methyl sites for hydroxylation is 2. The Balaban J connectivity index is 2.56. The van der Waals surface area contributed by atoms with Gasteiger partial charge in [-0.05, 0) is 44.5 Å². The van der Waals surface area contributed by atoms with E-state index in [4.69, 9.17) is 0 Å². The molecule has 1 aromatic carbocycles. The summed E-state index contributed by atoms with van der Waals surface area (Å²) >= 11 is 3.42. The highest BCUT2D eigenvalue weighted by Crippen LogP contribution is 2.26. The van der Waals surface area contributed by atoms with Gasteiger partial charge in [0, 0.05) is 16.6 Å². The van der Waals surface area contributed by atoms with Crippen LogP contribution in [0.1, 0.15) is 18.2 Å². The molecule has 19 heavy (non-hydrogen) atoms. The molecular weight excluding hydrogens is 309 g/mol. The molecule has 0 spiro atoms. The Kier molecular flexibility index (Phi) is 4.14. The lowest BCUT2D eigenvalue weighted by Crippen LogP contribution is -2.07. The van der Waals surface area contributed by atoms with Gasteiger partial charge in [-0.15, -0.1) is 0 Å². The molecule has 2 rings (SSSR count). The highest BCUT2D eigenvalue weighted by atomic mass is 79.9. The molecule has 0 radical (unpaired) electrons. The van der Waals surface area contributed by atoms with Crippen LogP contribution in [0.3, 0.4) is 0 Å². The summed E-state index contributed by atoms with van der Waals surface area (Å²) in [6, 6.07) is 5.85. The summed E-state index contributed by atoms with van der Waals surface area (Å²) in [4.78, 5) is 8.51. The Morgan fingerprint density at radius 1 is 1.26 bits per heavy atom. The normalized spacial score (nSPS) is 10.6. The SMILES string of the molecule is CCNc1nc(-c2ccc(Br)cc2C)nc(C)c1F. The van der Waals surface area contributed by atoms with Gasteiger partial charge in [0.2, 0.25) is 0 Å². The molecule has 0 fully saturated rings. The van der Waals surface area contributed by atoms with Crippen molar-refractivity contribution < 1.29 is 4.39 Å². The monoisotopic (exact) mass is 323 g/mol. The molecule has 2 aromatic rings. The van der Waals surface area contributed by atoms with Crippen molar-refractivity contribution in [1.29, 1.82) is 0 Å². The largest absolute Gasteiger partial charge is 0.368 e. The first-order valence-electron chi connectivity index (χ1n) is 6.07. The van der Waals surface area contributed by atoms with Gasteiger partial charge in [-0.3, -0.25) is 0 Å². The molecule has 5 heteroatoms. The molecule has 100 valence electrons. The third kappa shape index (κ3) is 2.92. The number of nitrogens with one attached hydrogen (secondary N) is 1. The van der Waals surface area contributed by atoms with E-state index in [0.717, 1.165) is 15.6 Å². The van der Waals surface area contributed by atoms with Crippen molar-refractivity contribution in [3.8, 4) is 11.4 Å². The average molecular weight is 324 g/mol. The molecular formula is C14H15BrFN3. The Bertz CT molecular complexity index is 614. The van der Waals surface area contributed by atoms with Gasteiger partial charge in [0.25, 0.3) is 0 Å². The highest BCUT2D eigenvalue weighted by Gasteiger charge is 2.13. The fourth-order valence-electron chi connectivity index (χ4n) is 1.84. The van der Waals surface area contributed by atoms with Gasteiger partial charge < -0.3 is 5.32 Å². The number of rotatable bonds is 3. The number of hydrogen-bond acceptors (Lipinski definition) is 3. The highest BCUT2D eigenvalue weighted by molar-refractivity contribution is 9.10. The number of anilines is 1. The van der Waals surface area contributed by atoms with E-state index in [0.29, 0.717) is 18.1 Å². The average Bonchev–Trinajstić information content (AvgIpc) is 2.35. The second kappa shape index (κ2) is 5.65. The van der Waals surface area contributed by atoms with Crippen molar-refractivity contribution in [2.24, 2.45) is 0 Å². The lowest BCUT2D eigenvalue weighted by Gasteiger charge is -2.10. The summed E-state index contributed by atoms with van der Waals surface area (Å²) in [7, 11) is 0. The third-order valence-electron chi connectivity index (χ3n) is 2.79. The number of aromatic nitrogens is 2. The van der Waals surface area contributed by atoms with E-state index >= 15 is 0 Å². The molecule has 0 saturated heterocycles. The van der Waals surface area contributed by atoms with Crippen LogP contribution in [0, 0.1) is 19.7 Å². The second-order valence-electron chi connectivity index (χ2n) is 4.28. The molecule has 0 aliphatic rings. The van der Waals surface area contributed by atoms with Crippen molar-refractivity contribution in [2.75, 3.05) is 11.9 Å². The van der Waals surface area contributed by atoms with Crippen LogP contribution in [-0.4, -0.2) is 16.5 Å². The minimum absolute atomic E-state index is 0.257. The van der Waals surface area contributed by atoms with Crippen LogP contribution in [0.5, 0.6) is 0 Å². The lowest BCUT2D eigenvalue weighted by atomic mass is 10.1. The molecule has 1 aromatic heterocycles. The van der Waals surface area contributed by atoms with Crippen molar-refractivity contribution in [3.63, 3.8) is 0 Å². The maximum absolute atomic E-state index is 13.9. The predicted molar refractivity (Wildman–Crippen MR) is 78.8 cm³/mol. The zero-order chi connectivity index (χ0) is 14.0. The van der Waals surface area contributed by atoms with Crippen molar-refractivity contribution in [3.05, 3.63) is 39.7 Å². The smallest absolute Gasteiger partial charge is 0.186 e. The number of halogens is 2. The van der Waals surface area contributed by atoms with Crippen LogP contribution in [0.4, 0.5) is 10.2 Å². The van der Waals surface area contributed by atoms with E-state index in [1.165, 1.54) is 0 Å². The number of nitrogens with zero attached hydrogens (tertiary/aromatic N) is 2. The third-order valence-corrected chi connectivity index (χ3v) is 3.28.